The van der Waals surface area contributed by atoms with Crippen molar-refractivity contribution < 1.29 is 4.79 Å². The molecule has 1 fully saturated rings. The molecule has 1 aromatic rings. The number of benzene rings is 1. The summed E-state index contributed by atoms with van der Waals surface area (Å²) >= 11 is 9.25. The lowest BCUT2D eigenvalue weighted by Gasteiger charge is -2.35. The molecule has 1 amide bonds. The predicted molar refractivity (Wildman–Crippen MR) is 68.8 cm³/mol. The van der Waals surface area contributed by atoms with Gasteiger partial charge in [0.2, 0.25) is 0 Å². The van der Waals surface area contributed by atoms with E-state index in [9.17, 15) is 4.79 Å². The highest BCUT2D eigenvalue weighted by Crippen LogP contribution is 2.32. The molecule has 0 aromatic heterocycles. The highest BCUT2D eigenvalue weighted by atomic mass is 79.9. The number of rotatable bonds is 2. The summed E-state index contributed by atoms with van der Waals surface area (Å²) in [5.74, 6) is -0.294. The van der Waals surface area contributed by atoms with Crippen LogP contribution in [0.4, 0.5) is 0 Å². The summed E-state index contributed by atoms with van der Waals surface area (Å²) in [6.07, 6.45) is 2.39. The molecular formula is C12H10BrClN2O. The molecule has 0 bridgehead atoms. The number of hydrogen-bond acceptors (Lipinski definition) is 2. The van der Waals surface area contributed by atoms with Crippen molar-refractivity contribution in [3.8, 4) is 6.07 Å². The zero-order chi connectivity index (χ0) is 12.5. The fraction of sp³-hybridized carbons (Fsp3) is 0.333. The van der Waals surface area contributed by atoms with Gasteiger partial charge in [-0.3, -0.25) is 4.79 Å². The van der Waals surface area contributed by atoms with Gasteiger partial charge in [0.25, 0.3) is 5.91 Å². The monoisotopic (exact) mass is 312 g/mol. The van der Waals surface area contributed by atoms with Gasteiger partial charge in [-0.2, -0.15) is 5.26 Å². The first-order valence-electron chi connectivity index (χ1n) is 5.25. The number of carbonyl (C=O) groups excluding carboxylic acids is 1. The van der Waals surface area contributed by atoms with Gasteiger partial charge in [0, 0.05) is 4.47 Å². The van der Waals surface area contributed by atoms with Gasteiger partial charge in [0.1, 0.15) is 5.54 Å². The second-order valence-electron chi connectivity index (χ2n) is 4.13. The van der Waals surface area contributed by atoms with Crippen molar-refractivity contribution in [2.45, 2.75) is 24.8 Å². The Labute approximate surface area is 113 Å². The minimum absolute atomic E-state index is 0.294. The van der Waals surface area contributed by atoms with Gasteiger partial charge in [0.05, 0.1) is 16.7 Å². The first-order chi connectivity index (χ1) is 8.06. The molecule has 1 N–H and O–H groups in total. The fourth-order valence-electron chi connectivity index (χ4n) is 1.75. The van der Waals surface area contributed by atoms with E-state index in [2.05, 4.69) is 27.3 Å². The third-order valence-corrected chi connectivity index (χ3v) is 3.77. The minimum atomic E-state index is -0.692. The second kappa shape index (κ2) is 4.67. The van der Waals surface area contributed by atoms with Crippen molar-refractivity contribution in [1.82, 2.24) is 5.32 Å². The number of carbonyl (C=O) groups is 1. The molecule has 1 aromatic carbocycles. The molecule has 2 rings (SSSR count). The van der Waals surface area contributed by atoms with Crippen LogP contribution in [0.15, 0.2) is 22.7 Å². The summed E-state index contributed by atoms with van der Waals surface area (Å²) in [5.41, 5.74) is -0.300. The summed E-state index contributed by atoms with van der Waals surface area (Å²) in [5, 5.41) is 12.2. The van der Waals surface area contributed by atoms with E-state index in [1.165, 1.54) is 0 Å². The molecule has 1 saturated carbocycles. The van der Waals surface area contributed by atoms with Crippen LogP contribution in [-0.4, -0.2) is 11.4 Å². The zero-order valence-electron chi connectivity index (χ0n) is 8.96. The number of nitriles is 1. The standard InChI is InChI=1S/C12H10BrClN2O/c13-8-2-3-10(14)9(6-8)11(17)16-12(7-15)4-1-5-12/h2-3,6H,1,4-5H2,(H,16,17). The first kappa shape index (κ1) is 12.4. The lowest BCUT2D eigenvalue weighted by atomic mass is 9.78. The molecular weight excluding hydrogens is 304 g/mol. The maximum Gasteiger partial charge on any atom is 0.254 e. The molecule has 5 heteroatoms. The van der Waals surface area contributed by atoms with Crippen molar-refractivity contribution >= 4 is 33.4 Å². The number of nitrogens with zero attached hydrogens (tertiary/aromatic N) is 1. The lowest BCUT2D eigenvalue weighted by molar-refractivity contribution is 0.0881. The van der Waals surface area contributed by atoms with E-state index in [1.54, 1.807) is 18.2 Å². The van der Waals surface area contributed by atoms with Crippen molar-refractivity contribution in [3.63, 3.8) is 0 Å². The maximum absolute atomic E-state index is 12.0. The van der Waals surface area contributed by atoms with E-state index in [-0.39, 0.29) is 5.91 Å². The summed E-state index contributed by atoms with van der Waals surface area (Å²) in [6.45, 7) is 0. The SMILES string of the molecule is N#CC1(NC(=O)c2cc(Br)ccc2Cl)CCC1. The fourth-order valence-corrected chi connectivity index (χ4v) is 2.32. The summed E-state index contributed by atoms with van der Waals surface area (Å²) < 4.78 is 0.784. The van der Waals surface area contributed by atoms with Gasteiger partial charge < -0.3 is 5.32 Å². The second-order valence-corrected chi connectivity index (χ2v) is 5.45. The third-order valence-electron chi connectivity index (χ3n) is 2.95. The highest BCUT2D eigenvalue weighted by Gasteiger charge is 2.39. The molecule has 0 heterocycles. The number of nitrogens with one attached hydrogen (secondary N) is 1. The summed E-state index contributed by atoms with van der Waals surface area (Å²) in [6, 6.07) is 7.24. The van der Waals surface area contributed by atoms with Crippen LogP contribution in [0.2, 0.25) is 5.02 Å². The molecule has 0 atom stereocenters. The van der Waals surface area contributed by atoms with Gasteiger partial charge in [0.15, 0.2) is 0 Å². The Morgan fingerprint density at radius 1 is 1.53 bits per heavy atom. The smallest absolute Gasteiger partial charge is 0.254 e. The zero-order valence-corrected chi connectivity index (χ0v) is 11.3. The number of amides is 1. The van der Waals surface area contributed by atoms with Crippen LogP contribution >= 0.6 is 27.5 Å². The largest absolute Gasteiger partial charge is 0.334 e. The lowest BCUT2D eigenvalue weighted by Crippen LogP contribution is -2.52. The molecule has 0 radical (unpaired) electrons. The topological polar surface area (TPSA) is 52.9 Å². The molecule has 88 valence electrons. The Kier molecular flexibility index (Phi) is 3.41. The normalized spacial score (nSPS) is 16.8. The van der Waals surface area contributed by atoms with Crippen LogP contribution in [0.1, 0.15) is 29.6 Å². The van der Waals surface area contributed by atoms with Gasteiger partial charge in [-0.25, -0.2) is 0 Å². The van der Waals surface area contributed by atoms with Gasteiger partial charge in [-0.1, -0.05) is 27.5 Å². The van der Waals surface area contributed by atoms with Gasteiger partial charge in [-0.15, -0.1) is 0 Å². The number of halogens is 2. The van der Waals surface area contributed by atoms with E-state index in [4.69, 9.17) is 16.9 Å². The summed E-state index contributed by atoms with van der Waals surface area (Å²) in [7, 11) is 0. The highest BCUT2D eigenvalue weighted by molar-refractivity contribution is 9.10. The minimum Gasteiger partial charge on any atom is -0.334 e. The third kappa shape index (κ3) is 2.46. The molecule has 1 aliphatic carbocycles. The quantitative estimate of drug-likeness (QED) is 0.911. The average molecular weight is 314 g/mol. The van der Waals surface area contributed by atoms with Crippen LogP contribution in [0.5, 0.6) is 0 Å². The molecule has 0 saturated heterocycles. The molecule has 0 aliphatic heterocycles. The molecule has 17 heavy (non-hydrogen) atoms. The first-order valence-corrected chi connectivity index (χ1v) is 6.42. The Bertz CT molecular complexity index is 506. The van der Waals surface area contributed by atoms with Crippen LogP contribution in [-0.2, 0) is 0 Å². The van der Waals surface area contributed by atoms with E-state index in [0.717, 1.165) is 10.9 Å². The van der Waals surface area contributed by atoms with E-state index < -0.39 is 5.54 Å². The summed E-state index contributed by atoms with van der Waals surface area (Å²) in [4.78, 5) is 12.0. The van der Waals surface area contributed by atoms with Crippen molar-refractivity contribution in [2.24, 2.45) is 0 Å². The molecule has 0 spiro atoms. The molecule has 3 nitrogen and oxygen atoms in total. The molecule has 0 unspecified atom stereocenters. The van der Waals surface area contributed by atoms with Crippen LogP contribution < -0.4 is 5.32 Å². The molecule has 1 aliphatic rings. The number of hydrogen-bond donors (Lipinski definition) is 1. The van der Waals surface area contributed by atoms with Crippen LogP contribution in [0, 0.1) is 11.3 Å². The van der Waals surface area contributed by atoms with Gasteiger partial charge >= 0.3 is 0 Å². The Morgan fingerprint density at radius 2 is 2.24 bits per heavy atom. The Balaban J connectivity index is 2.20. The van der Waals surface area contributed by atoms with E-state index in [1.807, 2.05) is 0 Å². The predicted octanol–water partition coefficient (Wildman–Crippen LogP) is 3.28. The van der Waals surface area contributed by atoms with Crippen molar-refractivity contribution in [2.75, 3.05) is 0 Å². The van der Waals surface area contributed by atoms with Crippen molar-refractivity contribution in [1.29, 1.82) is 5.26 Å². The van der Waals surface area contributed by atoms with Crippen LogP contribution in [0.3, 0.4) is 0 Å². The maximum atomic E-state index is 12.0. The van der Waals surface area contributed by atoms with E-state index in [0.29, 0.717) is 23.4 Å². The Hall–Kier alpha value is -1.05. The van der Waals surface area contributed by atoms with Gasteiger partial charge in [-0.05, 0) is 37.5 Å². The van der Waals surface area contributed by atoms with Crippen LogP contribution in [0.25, 0.3) is 0 Å². The van der Waals surface area contributed by atoms with Crippen molar-refractivity contribution in [3.05, 3.63) is 33.3 Å². The van der Waals surface area contributed by atoms with E-state index >= 15 is 0 Å². The average Bonchev–Trinajstić information content (AvgIpc) is 2.26. The Morgan fingerprint density at radius 3 is 2.76 bits per heavy atom.